The number of piperazine rings is 1. The Morgan fingerprint density at radius 1 is 1.32 bits per heavy atom. The number of amides is 1. The van der Waals surface area contributed by atoms with Crippen molar-refractivity contribution in [1.29, 1.82) is 0 Å². The molecule has 2 aromatic rings. The maximum absolute atomic E-state index is 12.5. The fourth-order valence-electron chi connectivity index (χ4n) is 3.40. The van der Waals surface area contributed by atoms with Crippen LogP contribution < -0.4 is 5.32 Å². The Bertz CT molecular complexity index is 752. The van der Waals surface area contributed by atoms with Gasteiger partial charge in [-0.2, -0.15) is 4.68 Å². The summed E-state index contributed by atoms with van der Waals surface area (Å²) >= 11 is 0. The minimum atomic E-state index is -0.215. The zero-order chi connectivity index (χ0) is 17.4. The summed E-state index contributed by atoms with van der Waals surface area (Å²) in [5, 5.41) is 7.68. The van der Waals surface area contributed by atoms with E-state index < -0.39 is 0 Å². The third-order valence-corrected chi connectivity index (χ3v) is 4.91. The van der Waals surface area contributed by atoms with Gasteiger partial charge in [0, 0.05) is 37.7 Å². The lowest BCUT2D eigenvalue weighted by Crippen LogP contribution is -2.58. The number of carbonyl (C=O) groups excluding carboxylic acids is 1. The smallest absolute Gasteiger partial charge is 0.237 e. The van der Waals surface area contributed by atoms with Crippen LogP contribution in [0.4, 0.5) is 0 Å². The van der Waals surface area contributed by atoms with Crippen molar-refractivity contribution in [2.24, 2.45) is 0 Å². The van der Waals surface area contributed by atoms with Gasteiger partial charge in [0.1, 0.15) is 5.82 Å². The van der Waals surface area contributed by atoms with Gasteiger partial charge in [0.05, 0.1) is 6.04 Å². The minimum absolute atomic E-state index is 0.0727. The summed E-state index contributed by atoms with van der Waals surface area (Å²) in [7, 11) is 0. The van der Waals surface area contributed by atoms with Crippen LogP contribution in [0.25, 0.3) is 5.82 Å². The van der Waals surface area contributed by atoms with Crippen LogP contribution in [0, 0.1) is 0 Å². The average Bonchev–Trinajstić information content (AvgIpc) is 3.38. The lowest BCUT2D eigenvalue weighted by atomic mass is 10.1. The molecular formula is C18H24N6O. The number of nitrogens with one attached hydrogen (secondary N) is 1. The van der Waals surface area contributed by atoms with Crippen LogP contribution in [0.15, 0.2) is 24.4 Å². The summed E-state index contributed by atoms with van der Waals surface area (Å²) in [5.41, 5.74) is 0. The molecule has 0 aromatic carbocycles. The summed E-state index contributed by atoms with van der Waals surface area (Å²) in [6, 6.07) is 5.85. The zero-order valence-corrected chi connectivity index (χ0v) is 14.7. The number of rotatable bonds is 5. The Labute approximate surface area is 147 Å². The molecule has 2 fully saturated rings. The van der Waals surface area contributed by atoms with E-state index in [2.05, 4.69) is 29.0 Å². The van der Waals surface area contributed by atoms with Gasteiger partial charge in [-0.1, -0.05) is 6.07 Å². The molecule has 2 aromatic heterocycles. The normalized spacial score (nSPS) is 21.6. The largest absolute Gasteiger partial charge is 0.353 e. The summed E-state index contributed by atoms with van der Waals surface area (Å²) in [5.74, 6) is 2.99. The first-order valence-electron chi connectivity index (χ1n) is 9.04. The van der Waals surface area contributed by atoms with Crippen molar-refractivity contribution in [3.05, 3.63) is 36.0 Å². The second-order valence-corrected chi connectivity index (χ2v) is 7.10. The van der Waals surface area contributed by atoms with E-state index in [1.54, 1.807) is 6.20 Å². The molecule has 0 radical (unpaired) electrons. The molecule has 0 unspecified atom stereocenters. The highest BCUT2D eigenvalue weighted by atomic mass is 16.2. The number of aromatic nitrogens is 4. The van der Waals surface area contributed by atoms with E-state index in [-0.39, 0.29) is 11.9 Å². The van der Waals surface area contributed by atoms with Crippen LogP contribution >= 0.6 is 0 Å². The molecular weight excluding hydrogens is 316 g/mol. The quantitative estimate of drug-likeness (QED) is 0.888. The Morgan fingerprint density at radius 2 is 2.16 bits per heavy atom. The Balaban J connectivity index is 1.68. The minimum Gasteiger partial charge on any atom is -0.353 e. The fourth-order valence-corrected chi connectivity index (χ4v) is 3.40. The molecule has 0 spiro atoms. The number of hydrogen-bond donors (Lipinski definition) is 1. The van der Waals surface area contributed by atoms with E-state index in [0.717, 1.165) is 36.9 Å². The van der Waals surface area contributed by atoms with E-state index in [9.17, 15) is 4.79 Å². The first kappa shape index (κ1) is 16.2. The molecule has 1 aliphatic carbocycles. The van der Waals surface area contributed by atoms with Crippen molar-refractivity contribution >= 4 is 5.91 Å². The van der Waals surface area contributed by atoms with E-state index in [0.29, 0.717) is 24.9 Å². The Morgan fingerprint density at radius 3 is 2.84 bits per heavy atom. The summed E-state index contributed by atoms with van der Waals surface area (Å²) in [6.07, 6.45) is 4.59. The second-order valence-electron chi connectivity index (χ2n) is 7.10. The topological polar surface area (TPSA) is 75.9 Å². The van der Waals surface area contributed by atoms with Gasteiger partial charge in [0.2, 0.25) is 5.91 Å². The highest BCUT2D eigenvalue weighted by Gasteiger charge is 2.35. The first-order chi connectivity index (χ1) is 12.1. The van der Waals surface area contributed by atoms with Gasteiger partial charge >= 0.3 is 0 Å². The SMILES string of the molecule is CC(C)N1CCNC(=O)[C@@H]1Cc1nc(C2CC2)nn1-c1ccccn1. The predicted molar refractivity (Wildman–Crippen MR) is 93.5 cm³/mol. The molecule has 25 heavy (non-hydrogen) atoms. The molecule has 3 heterocycles. The molecule has 1 aliphatic heterocycles. The second kappa shape index (κ2) is 6.55. The molecule has 1 amide bonds. The van der Waals surface area contributed by atoms with E-state index in [1.165, 1.54) is 0 Å². The molecule has 1 saturated carbocycles. The van der Waals surface area contributed by atoms with Crippen LogP contribution in [0.1, 0.15) is 44.3 Å². The van der Waals surface area contributed by atoms with Crippen molar-refractivity contribution in [2.45, 2.75) is 51.1 Å². The van der Waals surface area contributed by atoms with Crippen molar-refractivity contribution in [2.75, 3.05) is 13.1 Å². The van der Waals surface area contributed by atoms with Gasteiger partial charge < -0.3 is 5.32 Å². The van der Waals surface area contributed by atoms with Crippen molar-refractivity contribution in [3.63, 3.8) is 0 Å². The van der Waals surface area contributed by atoms with Crippen molar-refractivity contribution in [3.8, 4) is 5.82 Å². The Hall–Kier alpha value is -2.28. The maximum Gasteiger partial charge on any atom is 0.237 e. The molecule has 4 rings (SSSR count). The summed E-state index contributed by atoms with van der Waals surface area (Å²) < 4.78 is 1.81. The Kier molecular flexibility index (Phi) is 4.25. The lowest BCUT2D eigenvalue weighted by molar-refractivity contribution is -0.130. The van der Waals surface area contributed by atoms with Gasteiger partial charge in [0.25, 0.3) is 0 Å². The van der Waals surface area contributed by atoms with Gasteiger partial charge in [-0.15, -0.1) is 5.10 Å². The van der Waals surface area contributed by atoms with Crippen LogP contribution in [0.3, 0.4) is 0 Å². The molecule has 1 N–H and O–H groups in total. The van der Waals surface area contributed by atoms with Crippen LogP contribution in [-0.2, 0) is 11.2 Å². The molecule has 1 atom stereocenters. The van der Waals surface area contributed by atoms with Gasteiger partial charge in [-0.3, -0.25) is 9.69 Å². The molecule has 132 valence electrons. The van der Waals surface area contributed by atoms with Crippen molar-refractivity contribution < 1.29 is 4.79 Å². The first-order valence-corrected chi connectivity index (χ1v) is 9.04. The third-order valence-electron chi connectivity index (χ3n) is 4.91. The predicted octanol–water partition coefficient (Wildman–Crippen LogP) is 1.29. The number of carbonyl (C=O) groups is 1. The number of pyridine rings is 1. The van der Waals surface area contributed by atoms with E-state index in [4.69, 9.17) is 10.1 Å². The standard InChI is InChI=1S/C18H24N6O/c1-12(2)23-10-9-20-18(25)14(23)11-16-21-17(13-6-7-13)22-24(16)15-5-3-4-8-19-15/h3-5,8,12-14H,6-7,9-11H2,1-2H3,(H,20,25)/t14-/m0/s1. The monoisotopic (exact) mass is 340 g/mol. The van der Waals surface area contributed by atoms with Crippen LogP contribution in [0.2, 0.25) is 0 Å². The van der Waals surface area contributed by atoms with Gasteiger partial charge in [-0.05, 0) is 38.8 Å². The van der Waals surface area contributed by atoms with Crippen LogP contribution in [-0.4, -0.2) is 55.7 Å². The van der Waals surface area contributed by atoms with Gasteiger partial charge in [-0.25, -0.2) is 9.97 Å². The van der Waals surface area contributed by atoms with E-state index in [1.807, 2.05) is 22.9 Å². The molecule has 7 nitrogen and oxygen atoms in total. The summed E-state index contributed by atoms with van der Waals surface area (Å²) in [6.45, 7) is 5.82. The third kappa shape index (κ3) is 3.28. The molecule has 0 bridgehead atoms. The highest BCUT2D eigenvalue weighted by Crippen LogP contribution is 2.38. The van der Waals surface area contributed by atoms with Crippen LogP contribution in [0.5, 0.6) is 0 Å². The fraction of sp³-hybridized carbons (Fsp3) is 0.556. The maximum atomic E-state index is 12.5. The van der Waals surface area contributed by atoms with Gasteiger partial charge in [0.15, 0.2) is 11.6 Å². The lowest BCUT2D eigenvalue weighted by Gasteiger charge is -2.37. The van der Waals surface area contributed by atoms with E-state index >= 15 is 0 Å². The number of hydrogen-bond acceptors (Lipinski definition) is 5. The zero-order valence-electron chi connectivity index (χ0n) is 14.7. The summed E-state index contributed by atoms with van der Waals surface area (Å²) in [4.78, 5) is 23.9. The molecule has 2 aliphatic rings. The molecule has 1 saturated heterocycles. The average molecular weight is 340 g/mol. The molecule has 7 heteroatoms. The van der Waals surface area contributed by atoms with Crippen molar-refractivity contribution in [1.82, 2.24) is 30.0 Å². The number of nitrogens with zero attached hydrogens (tertiary/aromatic N) is 5. The highest BCUT2D eigenvalue weighted by molar-refractivity contribution is 5.82.